The fraction of sp³-hybridized carbons (Fsp3) is 0.476. The summed E-state index contributed by atoms with van der Waals surface area (Å²) in [5, 5.41) is 21.5. The number of halogens is 1. The minimum Gasteiger partial charge on any atom is -0.392 e. The van der Waals surface area contributed by atoms with Gasteiger partial charge in [0.2, 0.25) is 5.91 Å². The van der Waals surface area contributed by atoms with Gasteiger partial charge in [-0.25, -0.2) is 10.4 Å². The van der Waals surface area contributed by atoms with E-state index in [1.54, 1.807) is 18.3 Å². The minimum absolute atomic E-state index is 0.0663. The number of benzene rings is 1. The number of hydrazine groups is 1. The molecular formula is C21H25BrN6O2. The van der Waals surface area contributed by atoms with Gasteiger partial charge in [0.15, 0.2) is 5.84 Å². The number of amidine groups is 1. The highest BCUT2D eigenvalue weighted by Crippen LogP contribution is 2.42. The van der Waals surface area contributed by atoms with Crippen LogP contribution in [-0.4, -0.2) is 58.4 Å². The Morgan fingerprint density at radius 3 is 2.93 bits per heavy atom. The molecule has 0 saturated heterocycles. The van der Waals surface area contributed by atoms with E-state index in [0.29, 0.717) is 25.0 Å². The van der Waals surface area contributed by atoms with Crippen molar-refractivity contribution in [1.82, 2.24) is 15.4 Å². The molecule has 0 aromatic heterocycles. The number of aliphatic hydroxyl groups is 1. The molecule has 1 fully saturated rings. The van der Waals surface area contributed by atoms with Gasteiger partial charge in [0.25, 0.3) is 0 Å². The number of hydrazone groups is 1. The molecule has 1 amide bonds. The fourth-order valence-electron chi connectivity index (χ4n) is 4.66. The van der Waals surface area contributed by atoms with Gasteiger partial charge in [-0.1, -0.05) is 28.8 Å². The Hall–Kier alpha value is -2.23. The Morgan fingerprint density at radius 2 is 2.17 bits per heavy atom. The second-order valence-corrected chi connectivity index (χ2v) is 9.22. The van der Waals surface area contributed by atoms with Crippen molar-refractivity contribution < 1.29 is 9.90 Å². The number of carbonyl (C=O) groups is 1. The third-order valence-corrected chi connectivity index (χ3v) is 6.59. The molecule has 158 valence electrons. The number of rotatable bonds is 5. The van der Waals surface area contributed by atoms with Crippen molar-refractivity contribution in [3.8, 4) is 0 Å². The van der Waals surface area contributed by atoms with Gasteiger partial charge >= 0.3 is 0 Å². The average Bonchev–Trinajstić information content (AvgIpc) is 3.43. The van der Waals surface area contributed by atoms with Gasteiger partial charge in [-0.05, 0) is 43.5 Å². The highest BCUT2D eigenvalue weighted by Gasteiger charge is 2.42. The minimum atomic E-state index is -0.530. The van der Waals surface area contributed by atoms with E-state index in [1.165, 1.54) is 12.8 Å². The maximum Gasteiger partial charge on any atom is 0.238 e. The molecule has 0 bridgehead atoms. The van der Waals surface area contributed by atoms with Crippen LogP contribution in [-0.2, 0) is 4.79 Å². The number of carbonyl (C=O) groups excluding carboxylic acids is 1. The first kappa shape index (κ1) is 19.7. The first-order valence-corrected chi connectivity index (χ1v) is 11.2. The van der Waals surface area contributed by atoms with Gasteiger partial charge in [0, 0.05) is 28.3 Å². The molecule has 3 aliphatic heterocycles. The average molecular weight is 473 g/mol. The highest BCUT2D eigenvalue weighted by atomic mass is 79.9. The molecule has 0 radical (unpaired) electrons. The smallest absolute Gasteiger partial charge is 0.238 e. The van der Waals surface area contributed by atoms with E-state index in [-0.39, 0.29) is 5.91 Å². The predicted molar refractivity (Wildman–Crippen MR) is 119 cm³/mol. The summed E-state index contributed by atoms with van der Waals surface area (Å²) in [4.78, 5) is 17.6. The lowest BCUT2D eigenvalue weighted by molar-refractivity contribution is -0.116. The van der Waals surface area contributed by atoms with Crippen LogP contribution in [0.2, 0.25) is 0 Å². The number of nitrogens with one attached hydrogen (secondary N) is 2. The zero-order valence-corrected chi connectivity index (χ0v) is 18.4. The van der Waals surface area contributed by atoms with Crippen LogP contribution in [0.4, 0.5) is 5.69 Å². The molecule has 2 atom stereocenters. The van der Waals surface area contributed by atoms with E-state index in [2.05, 4.69) is 36.7 Å². The number of aliphatic hydroxyl groups excluding tert-OH is 1. The van der Waals surface area contributed by atoms with Crippen LogP contribution in [0.5, 0.6) is 0 Å². The summed E-state index contributed by atoms with van der Waals surface area (Å²) in [7, 11) is 0. The summed E-state index contributed by atoms with van der Waals surface area (Å²) in [6, 6.07) is 6.27. The van der Waals surface area contributed by atoms with Crippen LogP contribution < -0.4 is 10.7 Å². The Morgan fingerprint density at radius 1 is 1.37 bits per heavy atom. The van der Waals surface area contributed by atoms with Crippen molar-refractivity contribution >= 4 is 39.7 Å². The summed E-state index contributed by atoms with van der Waals surface area (Å²) in [6.45, 7) is 2.72. The van der Waals surface area contributed by atoms with Crippen molar-refractivity contribution in [3.63, 3.8) is 0 Å². The summed E-state index contributed by atoms with van der Waals surface area (Å²) < 4.78 is 0.925. The number of fused-ring (bicyclic) bond motifs is 2. The van der Waals surface area contributed by atoms with Crippen LogP contribution in [0.25, 0.3) is 0 Å². The molecule has 5 rings (SSSR count). The quantitative estimate of drug-likeness (QED) is 0.612. The first-order chi connectivity index (χ1) is 14.5. The van der Waals surface area contributed by atoms with Crippen LogP contribution in [0.15, 0.2) is 44.0 Å². The molecule has 9 heteroatoms. The molecule has 1 unspecified atom stereocenters. The summed E-state index contributed by atoms with van der Waals surface area (Å²) in [6.07, 6.45) is 5.89. The zero-order valence-electron chi connectivity index (χ0n) is 16.8. The molecule has 1 saturated carbocycles. The van der Waals surface area contributed by atoms with Gasteiger partial charge in [0.1, 0.15) is 12.3 Å². The van der Waals surface area contributed by atoms with Crippen molar-refractivity contribution in [2.45, 2.75) is 50.7 Å². The summed E-state index contributed by atoms with van der Waals surface area (Å²) >= 11 is 3.54. The van der Waals surface area contributed by atoms with Gasteiger partial charge in [-0.3, -0.25) is 14.8 Å². The Kier molecular flexibility index (Phi) is 5.12. The van der Waals surface area contributed by atoms with Crippen molar-refractivity contribution in [2.75, 3.05) is 18.4 Å². The van der Waals surface area contributed by atoms with Gasteiger partial charge < -0.3 is 10.4 Å². The second kappa shape index (κ2) is 7.79. The van der Waals surface area contributed by atoms with Gasteiger partial charge in [-0.2, -0.15) is 5.10 Å². The van der Waals surface area contributed by atoms with Gasteiger partial charge in [-0.15, -0.1) is 0 Å². The predicted octanol–water partition coefficient (Wildman–Crippen LogP) is 2.54. The van der Waals surface area contributed by atoms with E-state index in [0.717, 1.165) is 39.8 Å². The lowest BCUT2D eigenvalue weighted by Gasteiger charge is -2.31. The summed E-state index contributed by atoms with van der Waals surface area (Å²) in [5.41, 5.74) is 6.77. The lowest BCUT2D eigenvalue weighted by atomic mass is 9.92. The molecule has 3 heterocycles. The third-order valence-electron chi connectivity index (χ3n) is 6.10. The van der Waals surface area contributed by atoms with E-state index < -0.39 is 12.0 Å². The molecule has 3 N–H and O–H groups in total. The van der Waals surface area contributed by atoms with Crippen LogP contribution in [0.3, 0.4) is 0 Å². The number of amides is 1. The van der Waals surface area contributed by atoms with E-state index >= 15 is 0 Å². The fourth-order valence-corrected chi connectivity index (χ4v) is 5.03. The number of aliphatic imine (C=N–C) groups is 1. The molecular weight excluding hydrogens is 448 g/mol. The third kappa shape index (κ3) is 3.44. The number of hydrogen-bond acceptors (Lipinski definition) is 7. The van der Waals surface area contributed by atoms with Crippen molar-refractivity contribution in [1.29, 1.82) is 0 Å². The van der Waals surface area contributed by atoms with E-state index in [1.807, 2.05) is 18.2 Å². The normalized spacial score (nSPS) is 24.3. The Labute approximate surface area is 183 Å². The number of hydrogen-bond donors (Lipinski definition) is 3. The second-order valence-electron chi connectivity index (χ2n) is 8.30. The van der Waals surface area contributed by atoms with Crippen LogP contribution in [0.1, 0.15) is 44.1 Å². The maximum absolute atomic E-state index is 13.1. The Balaban J connectivity index is 1.56. The topological polar surface area (TPSA) is 92.6 Å². The molecule has 0 spiro atoms. The van der Waals surface area contributed by atoms with Crippen LogP contribution in [0, 0.1) is 0 Å². The number of anilines is 1. The van der Waals surface area contributed by atoms with Crippen LogP contribution >= 0.6 is 15.9 Å². The molecule has 4 aliphatic rings. The Bertz CT molecular complexity index is 966. The molecule has 8 nitrogen and oxygen atoms in total. The highest BCUT2D eigenvalue weighted by molar-refractivity contribution is 9.10. The van der Waals surface area contributed by atoms with E-state index in [4.69, 9.17) is 5.10 Å². The largest absolute Gasteiger partial charge is 0.392 e. The maximum atomic E-state index is 13.1. The molecule has 1 aromatic carbocycles. The molecule has 30 heavy (non-hydrogen) atoms. The molecule has 1 aromatic rings. The van der Waals surface area contributed by atoms with Crippen molar-refractivity contribution in [3.05, 3.63) is 39.5 Å². The zero-order chi connectivity index (χ0) is 20.8. The van der Waals surface area contributed by atoms with Gasteiger partial charge in [0.05, 0.1) is 18.3 Å². The lowest BCUT2D eigenvalue weighted by Crippen LogP contribution is -2.45. The summed E-state index contributed by atoms with van der Waals surface area (Å²) in [5.74, 6) is 0.140. The standard InChI is InChI=1S/C21H25BrN6O2/c1-12(29)9-24-28-11-23-20-16(10-27(26-20)14-4-2-3-5-14)19(28)18-15-8-13(22)6-7-17(15)25-21(18)30/h6-8,11-12,14,18,24,29H,2-5,9-10H2,1H3,(H,25,30)/t12-,18?/m1/s1. The van der Waals surface area contributed by atoms with Crippen molar-refractivity contribution in [2.24, 2.45) is 10.1 Å². The monoisotopic (exact) mass is 472 g/mol. The molecule has 1 aliphatic carbocycles. The van der Waals surface area contributed by atoms with E-state index in [9.17, 15) is 9.90 Å². The SMILES string of the molecule is C[C@@H](O)CNN1C=NC2=NN(C3CCCC3)CC2=C1C1C(=O)Nc2ccc(Br)cc21. The first-order valence-electron chi connectivity index (χ1n) is 10.4. The number of nitrogens with zero attached hydrogens (tertiary/aromatic N) is 4.